The van der Waals surface area contributed by atoms with E-state index in [1.165, 1.54) is 0 Å². The zero-order chi connectivity index (χ0) is 2.00. The minimum Gasteiger partial charge on any atom is 0 e. The Morgan fingerprint density at radius 1 is 1.40 bits per heavy atom. The molecule has 0 fully saturated rings. The van der Waals surface area contributed by atoms with Crippen LogP contribution in [0.5, 0.6) is 0 Å². The Labute approximate surface area is 110 Å². The first-order chi connectivity index (χ1) is 1.00. The summed E-state index contributed by atoms with van der Waals surface area (Å²) in [7, 11) is 0. The van der Waals surface area contributed by atoms with Crippen molar-refractivity contribution in [1.29, 1.82) is 0 Å². The Bertz CT molecular complexity index is 17.7. The van der Waals surface area contributed by atoms with Gasteiger partial charge in [0.05, 0.1) is 0 Å². The second-order valence-corrected chi connectivity index (χ2v) is 0. The molecule has 0 spiro atoms. The molecule has 33 valence electrons. The molecule has 0 aliphatic heterocycles. The molecular weight excluding hydrogens is 568 g/mol. The fourth-order valence-corrected chi connectivity index (χ4v) is 0. The third-order valence-corrected chi connectivity index (χ3v) is 0. The van der Waals surface area contributed by atoms with Gasteiger partial charge in [0.25, 0.3) is 0 Å². The summed E-state index contributed by atoms with van der Waals surface area (Å²) in [5.41, 5.74) is 0. The summed E-state index contributed by atoms with van der Waals surface area (Å²) in [5.74, 6) is 0. The summed E-state index contributed by atoms with van der Waals surface area (Å²) in [5, 5.41) is 0. The Morgan fingerprint density at radius 2 is 1.40 bits per heavy atom. The third-order valence-electron chi connectivity index (χ3n) is 0. The van der Waals surface area contributed by atoms with Crippen molar-refractivity contribution in [2.75, 3.05) is 0 Å². The van der Waals surface area contributed by atoms with Crippen molar-refractivity contribution in [3.05, 3.63) is 0 Å². The van der Waals surface area contributed by atoms with E-state index in [1.54, 1.807) is 0 Å². The Balaban J connectivity index is -0.000000000500. The topological polar surface area (TPSA) is 17.1 Å². The largest absolute Gasteiger partial charge is 0 e. The Morgan fingerprint density at radius 3 is 1.40 bits per heavy atom. The van der Waals surface area contributed by atoms with Crippen molar-refractivity contribution in [3.8, 4) is 0 Å². The molecule has 0 aromatic carbocycles. The minimum atomic E-state index is 0. The maximum atomic E-state index is 8.28. The van der Waals surface area contributed by atoms with Crippen LogP contribution in [-0.2, 0) is 45.0 Å². The van der Waals surface area contributed by atoms with E-state index in [0.717, 1.165) is 0 Å². The van der Waals surface area contributed by atoms with Crippen molar-refractivity contribution >= 4 is 65.1 Å². The first kappa shape index (κ1) is 24.0. The summed E-state index contributed by atoms with van der Waals surface area (Å²) in [6, 6.07) is 0. The van der Waals surface area contributed by atoms with Gasteiger partial charge < -0.3 is 2.85 Å². The van der Waals surface area contributed by atoms with Crippen LogP contribution in [0.3, 0.4) is 0 Å². The van der Waals surface area contributed by atoms with Gasteiger partial charge in [-0.1, -0.05) is 0 Å². The average Bonchev–Trinajstić information content (AvgIpc) is 1.00. The van der Waals surface area contributed by atoms with Crippen LogP contribution in [0.1, 0.15) is 2.85 Å². The maximum absolute atomic E-state index is 8.28. The molecule has 5 heavy (non-hydrogen) atoms. The Kier molecular flexibility index (Phi) is 129. The molecule has 0 aromatic heterocycles. The average molecular weight is 571 g/mol. The van der Waals surface area contributed by atoms with Gasteiger partial charge in [-0.05, 0) is 0 Å². The minimum absolute atomic E-state index is 0. The van der Waals surface area contributed by atoms with Crippen molar-refractivity contribution < 1.29 is 47.8 Å². The van der Waals surface area contributed by atoms with Gasteiger partial charge in [0, 0.05) is 41.2 Å². The van der Waals surface area contributed by atoms with Crippen LogP contribution in [0, 0.1) is 0 Å². The molecular formula is H3AlBaIrOPt. The van der Waals surface area contributed by atoms with Crippen molar-refractivity contribution in [3.63, 3.8) is 0 Å². The summed E-state index contributed by atoms with van der Waals surface area (Å²) < 4.78 is 8.28. The monoisotopic (exact) mass is 572 g/mol. The van der Waals surface area contributed by atoms with E-state index >= 15 is 0 Å². The maximum Gasteiger partial charge on any atom is 0 e. The molecule has 0 aliphatic carbocycles. The molecule has 0 amide bonds. The molecule has 1 nitrogen and oxygen atoms in total. The first-order valence-corrected chi connectivity index (χ1v) is 0.866. The second kappa shape index (κ2) is 26.8. The van der Waals surface area contributed by atoms with E-state index in [0.29, 0.717) is 16.2 Å². The zero-order valence-corrected chi connectivity index (χ0v) is 13.0. The molecule has 5 heteroatoms. The summed E-state index contributed by atoms with van der Waals surface area (Å²) in [6.07, 6.45) is 0. The third kappa shape index (κ3) is 18.9. The quantitative estimate of drug-likeness (QED) is 0.345. The molecule has 0 bridgehead atoms. The summed E-state index contributed by atoms with van der Waals surface area (Å²) in [4.78, 5) is 0. The van der Waals surface area contributed by atoms with E-state index < -0.39 is 0 Å². The molecule has 1 radical (unpaired) electrons. The molecule has 0 saturated heterocycles. The summed E-state index contributed by atoms with van der Waals surface area (Å²) >= 11 is 0.611. The normalized spacial score (nSPS) is 0.600. The molecule has 0 saturated carbocycles. The SMILES string of the molecule is [Ba+2].[H-].[H-].[Ir].[O]=[AlH].[Pt]. The van der Waals surface area contributed by atoms with E-state index in [1.807, 2.05) is 0 Å². The van der Waals surface area contributed by atoms with Gasteiger partial charge in [-0.15, -0.1) is 0 Å². The number of hydrogen-bond acceptors (Lipinski definition) is 1. The predicted molar refractivity (Wildman–Crippen MR) is 15.8 cm³/mol. The molecule has 0 rings (SSSR count). The van der Waals surface area contributed by atoms with Crippen LogP contribution in [-0.4, -0.2) is 65.1 Å². The van der Waals surface area contributed by atoms with Gasteiger partial charge in [0.1, 0.15) is 0 Å². The van der Waals surface area contributed by atoms with Crippen LogP contribution < -0.4 is 0 Å². The van der Waals surface area contributed by atoms with E-state index in [9.17, 15) is 0 Å². The zero-order valence-electron chi connectivity index (χ0n) is 4.47. The Hall–Kier alpha value is 3.24. The molecule has 0 heterocycles. The van der Waals surface area contributed by atoms with Crippen LogP contribution >= 0.6 is 0 Å². The fraction of sp³-hybridized carbons (Fsp3) is 0. The summed E-state index contributed by atoms with van der Waals surface area (Å²) in [6.45, 7) is 0. The van der Waals surface area contributed by atoms with Crippen molar-refractivity contribution in [1.82, 2.24) is 0 Å². The molecule has 0 atom stereocenters. The van der Waals surface area contributed by atoms with Gasteiger partial charge >= 0.3 is 68.9 Å². The fourth-order valence-electron chi connectivity index (χ4n) is 0. The van der Waals surface area contributed by atoms with Gasteiger partial charge in [0.15, 0.2) is 0 Å². The van der Waals surface area contributed by atoms with Gasteiger partial charge in [-0.25, -0.2) is 0 Å². The molecule has 0 aromatic rings. The number of hydrogen-bond donors (Lipinski definition) is 0. The van der Waals surface area contributed by atoms with Gasteiger partial charge in [-0.3, -0.25) is 0 Å². The first-order valence-electron chi connectivity index (χ1n) is 0.289. The number of rotatable bonds is 0. The van der Waals surface area contributed by atoms with E-state index in [2.05, 4.69) is 0 Å². The van der Waals surface area contributed by atoms with E-state index in [4.69, 9.17) is 3.80 Å². The van der Waals surface area contributed by atoms with Crippen molar-refractivity contribution in [2.24, 2.45) is 0 Å². The standard InChI is InChI=1S/Al.Ba.Ir.O.Pt.3H/q;+2;;;;;2*-1. The molecule has 0 aliphatic rings. The smallest absolute Gasteiger partial charge is 0 e. The van der Waals surface area contributed by atoms with Crippen LogP contribution in [0.4, 0.5) is 0 Å². The van der Waals surface area contributed by atoms with Crippen LogP contribution in [0.25, 0.3) is 0 Å². The second-order valence-electron chi connectivity index (χ2n) is 0. The van der Waals surface area contributed by atoms with E-state index in [-0.39, 0.29) is 92.9 Å². The van der Waals surface area contributed by atoms with Crippen molar-refractivity contribution in [2.45, 2.75) is 0 Å². The molecule has 0 unspecified atom stereocenters. The van der Waals surface area contributed by atoms with Crippen LogP contribution in [0.2, 0.25) is 0 Å². The van der Waals surface area contributed by atoms with Crippen LogP contribution in [0.15, 0.2) is 0 Å². The molecule has 0 N–H and O–H groups in total. The van der Waals surface area contributed by atoms with Gasteiger partial charge in [-0.2, -0.15) is 0 Å². The predicted octanol–water partition coefficient (Wildman–Crippen LogP) is -0.928. The van der Waals surface area contributed by atoms with Gasteiger partial charge in [0.2, 0.25) is 0 Å².